The molecule has 0 radical (unpaired) electrons. The van der Waals surface area contributed by atoms with Crippen LogP contribution in [0.3, 0.4) is 0 Å². The van der Waals surface area contributed by atoms with E-state index in [1.807, 2.05) is 45.0 Å². The molecule has 24 heavy (non-hydrogen) atoms. The summed E-state index contributed by atoms with van der Waals surface area (Å²) in [5.74, 6) is 1.22. The van der Waals surface area contributed by atoms with E-state index in [0.717, 1.165) is 29.3 Å². The molecule has 0 aliphatic carbocycles. The maximum Gasteiger partial charge on any atom is 0.182 e. The zero-order chi connectivity index (χ0) is 17.6. The van der Waals surface area contributed by atoms with Crippen molar-refractivity contribution in [3.05, 3.63) is 29.8 Å². The number of benzene rings is 1. The van der Waals surface area contributed by atoms with E-state index in [1.54, 1.807) is 11.8 Å². The Morgan fingerprint density at radius 3 is 2.38 bits per heavy atom. The van der Waals surface area contributed by atoms with Crippen molar-refractivity contribution in [3.63, 3.8) is 0 Å². The summed E-state index contributed by atoms with van der Waals surface area (Å²) in [4.78, 5) is 27.5. The monoisotopic (exact) mass is 349 g/mol. The number of hydrogen-bond acceptors (Lipinski definition) is 5. The Labute approximate surface area is 148 Å². The number of carbonyl (C=O) groups is 2. The first-order valence-corrected chi connectivity index (χ1v) is 9.56. The lowest BCUT2D eigenvalue weighted by atomic mass is 9.91. The van der Waals surface area contributed by atoms with Gasteiger partial charge >= 0.3 is 0 Å². The fourth-order valence-corrected chi connectivity index (χ4v) is 3.68. The van der Waals surface area contributed by atoms with Crippen LogP contribution in [0.4, 0.5) is 0 Å². The maximum absolute atomic E-state index is 12.9. The van der Waals surface area contributed by atoms with Crippen molar-refractivity contribution in [2.75, 3.05) is 32.1 Å². The van der Waals surface area contributed by atoms with Crippen LogP contribution in [0, 0.1) is 0 Å². The average Bonchev–Trinajstić information content (AvgIpc) is 2.62. The number of nitrogens with zero attached hydrogens (tertiary/aromatic N) is 1. The van der Waals surface area contributed by atoms with Gasteiger partial charge in [0.2, 0.25) is 0 Å². The molecule has 0 N–H and O–H groups in total. The van der Waals surface area contributed by atoms with E-state index in [9.17, 15) is 9.59 Å². The maximum atomic E-state index is 12.9. The molecule has 0 amide bonds. The molecule has 0 spiro atoms. The van der Waals surface area contributed by atoms with Gasteiger partial charge in [-0.15, -0.1) is 11.8 Å². The Bertz CT molecular complexity index is 562. The van der Waals surface area contributed by atoms with E-state index in [0.29, 0.717) is 31.8 Å². The standard InChI is InChI=1S/C19H27NO3S/c1-4-16(21)9-14-24-17-7-5-15(6-8-17)18(22)19(2,3)20-10-12-23-13-11-20/h5-8H,4,9-14H2,1-3H3. The predicted octanol–water partition coefficient (Wildman–Crippen LogP) is 3.44. The molecular weight excluding hydrogens is 322 g/mol. The lowest BCUT2D eigenvalue weighted by Crippen LogP contribution is -2.54. The van der Waals surface area contributed by atoms with Crippen LogP contribution in [0.1, 0.15) is 44.0 Å². The topological polar surface area (TPSA) is 46.6 Å². The van der Waals surface area contributed by atoms with Gasteiger partial charge in [-0.1, -0.05) is 19.1 Å². The summed E-state index contributed by atoms with van der Waals surface area (Å²) in [6.07, 6.45) is 1.20. The van der Waals surface area contributed by atoms with Gasteiger partial charge in [0.15, 0.2) is 5.78 Å². The molecule has 0 aromatic heterocycles. The van der Waals surface area contributed by atoms with Gasteiger partial charge in [0.1, 0.15) is 5.78 Å². The van der Waals surface area contributed by atoms with Crippen LogP contribution in [-0.4, -0.2) is 54.1 Å². The number of ether oxygens (including phenoxy) is 1. The first-order valence-electron chi connectivity index (χ1n) is 8.57. The molecule has 132 valence electrons. The van der Waals surface area contributed by atoms with Crippen molar-refractivity contribution in [1.29, 1.82) is 0 Å². The number of hydrogen-bond donors (Lipinski definition) is 0. The molecule has 5 heteroatoms. The fraction of sp³-hybridized carbons (Fsp3) is 0.579. The van der Waals surface area contributed by atoms with E-state index in [2.05, 4.69) is 4.90 Å². The summed E-state index contributed by atoms with van der Waals surface area (Å²) >= 11 is 1.66. The minimum Gasteiger partial charge on any atom is -0.379 e. The van der Waals surface area contributed by atoms with Gasteiger partial charge < -0.3 is 4.74 Å². The van der Waals surface area contributed by atoms with E-state index in [-0.39, 0.29) is 5.78 Å². The van der Waals surface area contributed by atoms with Crippen LogP contribution in [0.15, 0.2) is 29.2 Å². The zero-order valence-corrected chi connectivity index (χ0v) is 15.7. The largest absolute Gasteiger partial charge is 0.379 e. The number of thioether (sulfide) groups is 1. The summed E-state index contributed by atoms with van der Waals surface area (Å²) in [7, 11) is 0. The Morgan fingerprint density at radius 2 is 1.79 bits per heavy atom. The molecule has 0 atom stereocenters. The van der Waals surface area contributed by atoms with Crippen molar-refractivity contribution in [2.24, 2.45) is 0 Å². The summed E-state index contributed by atoms with van der Waals surface area (Å²) in [5, 5.41) is 0. The van der Waals surface area contributed by atoms with Crippen LogP contribution < -0.4 is 0 Å². The first kappa shape index (κ1) is 19.2. The lowest BCUT2D eigenvalue weighted by molar-refractivity contribution is -0.118. The highest BCUT2D eigenvalue weighted by Crippen LogP contribution is 2.24. The third kappa shape index (κ3) is 4.91. The van der Waals surface area contributed by atoms with Gasteiger partial charge in [0.25, 0.3) is 0 Å². The first-order chi connectivity index (χ1) is 11.4. The highest BCUT2D eigenvalue weighted by Gasteiger charge is 2.35. The Hall–Kier alpha value is -1.17. The SMILES string of the molecule is CCC(=O)CCSc1ccc(C(=O)C(C)(C)N2CCOCC2)cc1. The second-order valence-electron chi connectivity index (χ2n) is 6.50. The van der Waals surface area contributed by atoms with Crippen molar-refractivity contribution < 1.29 is 14.3 Å². The summed E-state index contributed by atoms with van der Waals surface area (Å²) in [6.45, 7) is 8.81. The number of Topliss-reactive ketones (excluding diaryl/α,β-unsaturated/α-hetero) is 2. The molecule has 0 unspecified atom stereocenters. The van der Waals surface area contributed by atoms with Gasteiger partial charge in [0, 0.05) is 42.1 Å². The van der Waals surface area contributed by atoms with Crippen LogP contribution in [0.5, 0.6) is 0 Å². The molecule has 2 rings (SSSR count). The molecular formula is C19H27NO3S. The smallest absolute Gasteiger partial charge is 0.182 e. The summed E-state index contributed by atoms with van der Waals surface area (Å²) in [5.41, 5.74) is 0.215. The second-order valence-corrected chi connectivity index (χ2v) is 7.67. The van der Waals surface area contributed by atoms with E-state index in [4.69, 9.17) is 4.74 Å². The van der Waals surface area contributed by atoms with E-state index in [1.165, 1.54) is 0 Å². The third-order valence-electron chi connectivity index (χ3n) is 4.52. The Morgan fingerprint density at radius 1 is 1.17 bits per heavy atom. The number of morpholine rings is 1. The third-order valence-corrected chi connectivity index (χ3v) is 5.53. The molecule has 1 aromatic rings. The summed E-state index contributed by atoms with van der Waals surface area (Å²) < 4.78 is 5.38. The normalized spacial score (nSPS) is 16.1. The molecule has 1 aliphatic rings. The van der Waals surface area contributed by atoms with Crippen LogP contribution in [0.25, 0.3) is 0 Å². The quantitative estimate of drug-likeness (QED) is 0.531. The van der Waals surface area contributed by atoms with Crippen LogP contribution in [0.2, 0.25) is 0 Å². The van der Waals surface area contributed by atoms with Gasteiger partial charge in [-0.3, -0.25) is 14.5 Å². The Balaban J connectivity index is 1.96. The van der Waals surface area contributed by atoms with Crippen molar-refractivity contribution in [3.8, 4) is 0 Å². The number of carbonyl (C=O) groups excluding carboxylic acids is 2. The number of ketones is 2. The minimum atomic E-state index is -0.522. The molecule has 0 bridgehead atoms. The van der Waals surface area contributed by atoms with Gasteiger partial charge in [-0.2, -0.15) is 0 Å². The van der Waals surface area contributed by atoms with Crippen molar-refractivity contribution >= 4 is 23.3 Å². The van der Waals surface area contributed by atoms with E-state index >= 15 is 0 Å². The zero-order valence-electron chi connectivity index (χ0n) is 14.8. The highest BCUT2D eigenvalue weighted by atomic mass is 32.2. The molecule has 1 fully saturated rings. The molecule has 1 saturated heterocycles. The summed E-state index contributed by atoms with van der Waals surface area (Å²) in [6, 6.07) is 7.75. The molecule has 0 saturated carbocycles. The second kappa shape index (κ2) is 8.79. The van der Waals surface area contributed by atoms with Crippen LogP contribution >= 0.6 is 11.8 Å². The van der Waals surface area contributed by atoms with E-state index < -0.39 is 5.54 Å². The average molecular weight is 349 g/mol. The predicted molar refractivity (Wildman–Crippen MR) is 97.9 cm³/mol. The molecule has 1 heterocycles. The van der Waals surface area contributed by atoms with Gasteiger partial charge in [-0.05, 0) is 26.0 Å². The number of rotatable bonds is 8. The Kier molecular flexibility index (Phi) is 7.02. The highest BCUT2D eigenvalue weighted by molar-refractivity contribution is 7.99. The lowest BCUT2D eigenvalue weighted by Gasteiger charge is -2.39. The van der Waals surface area contributed by atoms with Gasteiger partial charge in [-0.25, -0.2) is 0 Å². The van der Waals surface area contributed by atoms with Crippen molar-refractivity contribution in [2.45, 2.75) is 44.0 Å². The minimum absolute atomic E-state index is 0.141. The fourth-order valence-electron chi connectivity index (χ4n) is 2.78. The van der Waals surface area contributed by atoms with Crippen molar-refractivity contribution in [1.82, 2.24) is 4.90 Å². The molecule has 4 nitrogen and oxygen atoms in total. The van der Waals surface area contributed by atoms with Crippen LogP contribution in [-0.2, 0) is 9.53 Å². The van der Waals surface area contributed by atoms with Gasteiger partial charge in [0.05, 0.1) is 18.8 Å². The molecule has 1 aromatic carbocycles. The molecule has 1 aliphatic heterocycles.